The van der Waals surface area contributed by atoms with E-state index >= 15 is 0 Å². The third-order valence-electron chi connectivity index (χ3n) is 2.35. The highest BCUT2D eigenvalue weighted by Gasteiger charge is 2.12. The monoisotopic (exact) mass is 236 g/mol. The van der Waals surface area contributed by atoms with Crippen molar-refractivity contribution < 1.29 is 9.59 Å². The molecule has 0 radical (unpaired) electrons. The largest absolute Gasteiger partial charge is 0.397 e. The predicted octanol–water partition coefficient (Wildman–Crippen LogP) is -0.0859. The molecule has 0 saturated heterocycles. The molecule has 6 nitrogen and oxygen atoms in total. The molecule has 1 atom stereocenters. The summed E-state index contributed by atoms with van der Waals surface area (Å²) < 4.78 is 0. The fourth-order valence-electron chi connectivity index (χ4n) is 1.36. The first kappa shape index (κ1) is 12.8. The molecule has 6 heteroatoms. The Labute approximate surface area is 99.4 Å². The van der Waals surface area contributed by atoms with Gasteiger partial charge in [-0.1, -0.05) is 0 Å². The highest BCUT2D eigenvalue weighted by molar-refractivity contribution is 5.95. The molecule has 1 unspecified atom stereocenters. The number of nitrogen functional groups attached to an aromatic ring is 1. The number of rotatable bonds is 4. The number of hydrogen-bond acceptors (Lipinski definition) is 4. The lowest BCUT2D eigenvalue weighted by Gasteiger charge is -2.15. The molecule has 0 aliphatic rings. The fourth-order valence-corrected chi connectivity index (χ4v) is 1.36. The molecule has 0 bridgehead atoms. The average Bonchev–Trinajstić information content (AvgIpc) is 2.30. The summed E-state index contributed by atoms with van der Waals surface area (Å²) >= 11 is 0. The summed E-state index contributed by atoms with van der Waals surface area (Å²) in [4.78, 5) is 22.2. The Hall–Kier alpha value is -2.24. The van der Waals surface area contributed by atoms with E-state index in [0.717, 1.165) is 0 Å². The van der Waals surface area contributed by atoms with Crippen LogP contribution in [0.3, 0.4) is 0 Å². The molecular weight excluding hydrogens is 220 g/mol. The van der Waals surface area contributed by atoms with Crippen LogP contribution in [-0.4, -0.2) is 24.9 Å². The Morgan fingerprint density at radius 1 is 1.35 bits per heavy atom. The van der Waals surface area contributed by atoms with E-state index < -0.39 is 11.9 Å². The quantitative estimate of drug-likeness (QED) is 0.548. The lowest BCUT2D eigenvalue weighted by atomic mass is 10.1. The van der Waals surface area contributed by atoms with Crippen LogP contribution in [0, 0.1) is 0 Å². The van der Waals surface area contributed by atoms with Crippen molar-refractivity contribution in [2.45, 2.75) is 13.0 Å². The van der Waals surface area contributed by atoms with Gasteiger partial charge in [0.15, 0.2) is 0 Å². The second-order valence-corrected chi connectivity index (χ2v) is 3.65. The van der Waals surface area contributed by atoms with E-state index in [2.05, 4.69) is 10.6 Å². The molecule has 92 valence electrons. The first-order valence-corrected chi connectivity index (χ1v) is 5.13. The molecule has 1 rings (SSSR count). The van der Waals surface area contributed by atoms with Crippen LogP contribution >= 0.6 is 0 Å². The van der Waals surface area contributed by atoms with Gasteiger partial charge in [-0.05, 0) is 25.1 Å². The molecule has 0 saturated carbocycles. The Morgan fingerprint density at radius 3 is 2.47 bits per heavy atom. The van der Waals surface area contributed by atoms with Crippen molar-refractivity contribution in [2.75, 3.05) is 18.1 Å². The van der Waals surface area contributed by atoms with Crippen molar-refractivity contribution in [1.29, 1.82) is 0 Å². The van der Waals surface area contributed by atoms with Gasteiger partial charge in [0.1, 0.15) is 6.04 Å². The van der Waals surface area contributed by atoms with Crippen LogP contribution in [0.15, 0.2) is 18.2 Å². The van der Waals surface area contributed by atoms with Crippen molar-refractivity contribution in [3.8, 4) is 0 Å². The summed E-state index contributed by atoms with van der Waals surface area (Å²) in [6.07, 6.45) is 0. The molecule has 6 N–H and O–H groups in total. The summed E-state index contributed by atoms with van der Waals surface area (Å²) in [6.45, 7) is 1.71. The minimum absolute atomic E-state index is 0.150. The zero-order valence-corrected chi connectivity index (χ0v) is 9.78. The van der Waals surface area contributed by atoms with E-state index in [9.17, 15) is 9.59 Å². The van der Waals surface area contributed by atoms with Gasteiger partial charge >= 0.3 is 0 Å². The number of carbonyl (C=O) groups excluding carboxylic acids is 2. The van der Waals surface area contributed by atoms with Gasteiger partial charge in [-0.15, -0.1) is 0 Å². The first-order valence-electron chi connectivity index (χ1n) is 5.13. The number of nitrogens with two attached hydrogens (primary N) is 2. The van der Waals surface area contributed by atoms with Crippen molar-refractivity contribution >= 4 is 23.2 Å². The van der Waals surface area contributed by atoms with Gasteiger partial charge in [0.25, 0.3) is 0 Å². The van der Waals surface area contributed by atoms with Gasteiger partial charge in [0.05, 0.1) is 11.4 Å². The van der Waals surface area contributed by atoms with Crippen molar-refractivity contribution in [2.24, 2.45) is 5.73 Å². The molecular formula is C11H16N4O2. The number of nitrogens with one attached hydrogen (secondary N) is 2. The maximum absolute atomic E-state index is 11.3. The van der Waals surface area contributed by atoms with Crippen LogP contribution in [0.25, 0.3) is 0 Å². The Bertz CT molecular complexity index is 445. The van der Waals surface area contributed by atoms with Crippen LogP contribution in [0.1, 0.15) is 17.3 Å². The smallest absolute Gasteiger partial charge is 0.248 e. The SMILES string of the molecule is CNC(=O)C(C)Nc1ccc(C(N)=O)cc1N. The molecule has 0 aliphatic carbocycles. The van der Waals surface area contributed by atoms with E-state index in [-0.39, 0.29) is 5.91 Å². The van der Waals surface area contributed by atoms with Crippen molar-refractivity contribution in [3.05, 3.63) is 23.8 Å². The average molecular weight is 236 g/mol. The molecule has 0 spiro atoms. The third kappa shape index (κ3) is 3.10. The fraction of sp³-hybridized carbons (Fsp3) is 0.273. The Morgan fingerprint density at radius 2 is 2.00 bits per heavy atom. The molecule has 17 heavy (non-hydrogen) atoms. The van der Waals surface area contributed by atoms with Crippen LogP contribution in [-0.2, 0) is 4.79 Å². The first-order chi connectivity index (χ1) is 7.95. The summed E-state index contributed by atoms with van der Waals surface area (Å²) in [7, 11) is 1.56. The molecule has 1 aromatic carbocycles. The Balaban J connectivity index is 2.86. The van der Waals surface area contributed by atoms with Gasteiger partial charge in [-0.2, -0.15) is 0 Å². The zero-order chi connectivity index (χ0) is 13.0. The van der Waals surface area contributed by atoms with E-state index in [1.54, 1.807) is 26.1 Å². The number of benzene rings is 1. The lowest BCUT2D eigenvalue weighted by Crippen LogP contribution is -2.35. The second-order valence-electron chi connectivity index (χ2n) is 3.65. The Kier molecular flexibility index (Phi) is 3.92. The van der Waals surface area contributed by atoms with Crippen LogP contribution in [0.2, 0.25) is 0 Å². The standard InChI is InChI=1S/C11H16N4O2/c1-6(11(17)14-2)15-9-4-3-7(10(13)16)5-8(9)12/h3-6,15H,12H2,1-2H3,(H2,13,16)(H,14,17). The number of primary amides is 1. The van der Waals surface area contributed by atoms with Crippen molar-refractivity contribution in [3.63, 3.8) is 0 Å². The number of anilines is 2. The van der Waals surface area contributed by atoms with E-state index in [4.69, 9.17) is 11.5 Å². The molecule has 0 aromatic heterocycles. The predicted molar refractivity (Wildman–Crippen MR) is 66.5 cm³/mol. The maximum atomic E-state index is 11.3. The minimum atomic E-state index is -0.539. The van der Waals surface area contributed by atoms with Gasteiger partial charge in [-0.3, -0.25) is 9.59 Å². The maximum Gasteiger partial charge on any atom is 0.248 e. The van der Waals surface area contributed by atoms with Gasteiger partial charge < -0.3 is 22.1 Å². The van der Waals surface area contributed by atoms with Gasteiger partial charge in [0, 0.05) is 12.6 Å². The zero-order valence-electron chi connectivity index (χ0n) is 9.78. The molecule has 2 amide bonds. The summed E-state index contributed by atoms with van der Waals surface area (Å²) in [5.74, 6) is -0.689. The van der Waals surface area contributed by atoms with E-state index in [0.29, 0.717) is 16.9 Å². The van der Waals surface area contributed by atoms with Crippen LogP contribution in [0.4, 0.5) is 11.4 Å². The molecule has 0 aliphatic heterocycles. The number of hydrogen-bond donors (Lipinski definition) is 4. The van der Waals surface area contributed by atoms with Gasteiger partial charge in [-0.25, -0.2) is 0 Å². The summed E-state index contributed by atoms with van der Waals surface area (Å²) in [6, 6.07) is 4.23. The normalized spacial score (nSPS) is 11.6. The van der Waals surface area contributed by atoms with E-state index in [1.807, 2.05) is 0 Å². The third-order valence-corrected chi connectivity index (χ3v) is 2.35. The molecule has 1 aromatic rings. The topological polar surface area (TPSA) is 110 Å². The number of likely N-dealkylation sites (N-methyl/N-ethyl adjacent to an activating group) is 1. The van der Waals surface area contributed by atoms with Crippen molar-refractivity contribution in [1.82, 2.24) is 5.32 Å². The second kappa shape index (κ2) is 5.20. The summed E-state index contributed by atoms with van der Waals surface area (Å²) in [5, 5.41) is 5.46. The highest BCUT2D eigenvalue weighted by Crippen LogP contribution is 2.20. The molecule has 0 heterocycles. The minimum Gasteiger partial charge on any atom is -0.397 e. The summed E-state index contributed by atoms with van der Waals surface area (Å²) in [5.41, 5.74) is 12.2. The highest BCUT2D eigenvalue weighted by atomic mass is 16.2. The number of amides is 2. The van der Waals surface area contributed by atoms with Crippen LogP contribution < -0.4 is 22.1 Å². The van der Waals surface area contributed by atoms with Crippen LogP contribution in [0.5, 0.6) is 0 Å². The van der Waals surface area contributed by atoms with Gasteiger partial charge in [0.2, 0.25) is 11.8 Å². The lowest BCUT2D eigenvalue weighted by molar-refractivity contribution is -0.121. The number of carbonyl (C=O) groups is 2. The molecule has 0 fully saturated rings. The van der Waals surface area contributed by atoms with E-state index in [1.165, 1.54) is 6.07 Å².